The zero-order valence-corrected chi connectivity index (χ0v) is 11.0. The molecule has 100 valence electrons. The maximum absolute atomic E-state index is 11.8. The van der Waals surface area contributed by atoms with Crippen molar-refractivity contribution < 1.29 is 14.6 Å². The number of carbonyl (C=O) groups excluding carboxylic acids is 1. The number of aliphatic hydroxyl groups excluding tert-OH is 1. The van der Waals surface area contributed by atoms with Crippen LogP contribution in [0.3, 0.4) is 0 Å². The Kier molecular flexibility index (Phi) is 3.35. The highest BCUT2D eigenvalue weighted by atomic mass is 32.2. The van der Waals surface area contributed by atoms with Gasteiger partial charge in [0.15, 0.2) is 0 Å². The molecule has 2 N–H and O–H groups in total. The third-order valence-electron chi connectivity index (χ3n) is 3.10. The van der Waals surface area contributed by atoms with E-state index >= 15 is 0 Å². The van der Waals surface area contributed by atoms with Gasteiger partial charge in [0, 0.05) is 29.8 Å². The van der Waals surface area contributed by atoms with Crippen molar-refractivity contribution in [2.45, 2.75) is 17.4 Å². The molecule has 1 aromatic carbocycles. The lowest BCUT2D eigenvalue weighted by atomic mass is 10.2. The van der Waals surface area contributed by atoms with Crippen LogP contribution in [0, 0.1) is 0 Å². The lowest BCUT2D eigenvalue weighted by molar-refractivity contribution is 0.122. The van der Waals surface area contributed by atoms with E-state index in [0.717, 1.165) is 16.3 Å². The van der Waals surface area contributed by atoms with Gasteiger partial charge in [-0.3, -0.25) is 4.90 Å². The molecule has 19 heavy (non-hydrogen) atoms. The maximum Gasteiger partial charge on any atom is 0.414 e. The fourth-order valence-electron chi connectivity index (χ4n) is 2.16. The number of amides is 1. The van der Waals surface area contributed by atoms with E-state index in [-0.39, 0.29) is 18.8 Å². The predicted molar refractivity (Wildman–Crippen MR) is 74.4 cm³/mol. The number of nitrogens with zero attached hydrogens (tertiary/aromatic N) is 1. The van der Waals surface area contributed by atoms with Crippen LogP contribution < -0.4 is 10.2 Å². The van der Waals surface area contributed by atoms with Crippen LogP contribution in [-0.2, 0) is 4.74 Å². The zero-order valence-electron chi connectivity index (χ0n) is 10.2. The van der Waals surface area contributed by atoms with Crippen LogP contribution >= 0.6 is 11.8 Å². The Morgan fingerprint density at radius 1 is 1.53 bits per heavy atom. The highest BCUT2D eigenvalue weighted by molar-refractivity contribution is 8.02. The van der Waals surface area contributed by atoms with Crippen LogP contribution in [0.25, 0.3) is 0 Å². The van der Waals surface area contributed by atoms with E-state index in [1.165, 1.54) is 0 Å². The minimum Gasteiger partial charge on any atom is -0.444 e. The number of hydrogen-bond acceptors (Lipinski definition) is 5. The number of nitrogens with one attached hydrogen (secondary N) is 1. The van der Waals surface area contributed by atoms with E-state index in [1.807, 2.05) is 29.8 Å². The molecule has 0 spiro atoms. The van der Waals surface area contributed by atoms with Gasteiger partial charge in [0.2, 0.25) is 0 Å². The molecule has 2 aliphatic heterocycles. The van der Waals surface area contributed by atoms with Gasteiger partial charge >= 0.3 is 6.09 Å². The van der Waals surface area contributed by atoms with Crippen molar-refractivity contribution in [2.75, 3.05) is 23.4 Å². The summed E-state index contributed by atoms with van der Waals surface area (Å²) in [5.41, 5.74) is 1.80. The van der Waals surface area contributed by atoms with E-state index in [2.05, 4.69) is 5.32 Å². The summed E-state index contributed by atoms with van der Waals surface area (Å²) in [7, 11) is 0. The quantitative estimate of drug-likeness (QED) is 0.889. The lowest BCUT2D eigenvalue weighted by Gasteiger charge is -2.17. The van der Waals surface area contributed by atoms with Crippen molar-refractivity contribution >= 4 is 29.2 Å². The first kappa shape index (κ1) is 12.4. The molecule has 0 radical (unpaired) electrons. The SMILES string of the molecule is O=C1O[C@H](CCO)CN1c1ccc2c(c1)NC=CS2. The van der Waals surface area contributed by atoms with Crippen LogP contribution in [0.5, 0.6) is 0 Å². The fraction of sp³-hybridized carbons (Fsp3) is 0.308. The van der Waals surface area contributed by atoms with Gasteiger partial charge in [0.05, 0.1) is 12.2 Å². The van der Waals surface area contributed by atoms with Gasteiger partial charge < -0.3 is 15.2 Å². The molecule has 2 aliphatic rings. The first-order chi connectivity index (χ1) is 9.28. The number of anilines is 2. The first-order valence-electron chi connectivity index (χ1n) is 6.09. The third kappa shape index (κ3) is 2.41. The van der Waals surface area contributed by atoms with Crippen LogP contribution in [-0.4, -0.2) is 30.5 Å². The molecule has 1 aromatic rings. The molecule has 1 atom stereocenters. The lowest BCUT2D eigenvalue weighted by Crippen LogP contribution is -2.24. The Hall–Kier alpha value is -1.66. The van der Waals surface area contributed by atoms with Crippen molar-refractivity contribution in [3.63, 3.8) is 0 Å². The van der Waals surface area contributed by atoms with Crippen molar-refractivity contribution in [3.8, 4) is 0 Å². The summed E-state index contributed by atoms with van der Waals surface area (Å²) < 4.78 is 5.20. The second-order valence-electron chi connectivity index (χ2n) is 4.37. The van der Waals surface area contributed by atoms with Crippen molar-refractivity contribution in [2.24, 2.45) is 0 Å². The molecule has 1 amide bonds. The van der Waals surface area contributed by atoms with E-state index in [9.17, 15) is 4.79 Å². The summed E-state index contributed by atoms with van der Waals surface area (Å²) in [6, 6.07) is 5.84. The fourth-order valence-corrected chi connectivity index (χ4v) is 2.83. The predicted octanol–water partition coefficient (Wildman–Crippen LogP) is 2.38. The highest BCUT2D eigenvalue weighted by Crippen LogP contribution is 2.35. The standard InChI is InChI=1S/C13H14N2O3S/c16-5-3-10-8-15(13(17)18-10)9-1-2-12-11(7-9)14-4-6-19-12/h1-2,4,6-7,10,14,16H,3,5,8H2/t10-/m1/s1. The van der Waals surface area contributed by atoms with Crippen LogP contribution in [0.4, 0.5) is 16.2 Å². The number of thioether (sulfide) groups is 1. The summed E-state index contributed by atoms with van der Waals surface area (Å²) >= 11 is 1.64. The Morgan fingerprint density at radius 3 is 3.26 bits per heavy atom. The highest BCUT2D eigenvalue weighted by Gasteiger charge is 2.32. The number of ether oxygens (including phenoxy) is 1. The smallest absolute Gasteiger partial charge is 0.414 e. The van der Waals surface area contributed by atoms with Gasteiger partial charge in [-0.1, -0.05) is 11.8 Å². The maximum atomic E-state index is 11.8. The minimum atomic E-state index is -0.350. The summed E-state index contributed by atoms with van der Waals surface area (Å²) in [6.45, 7) is 0.514. The van der Waals surface area contributed by atoms with Gasteiger partial charge in [0.1, 0.15) is 6.10 Å². The largest absolute Gasteiger partial charge is 0.444 e. The van der Waals surface area contributed by atoms with Gasteiger partial charge in [-0.2, -0.15) is 0 Å². The average molecular weight is 278 g/mol. The number of fused-ring (bicyclic) bond motifs is 1. The van der Waals surface area contributed by atoms with E-state index < -0.39 is 0 Å². The van der Waals surface area contributed by atoms with Crippen LogP contribution in [0.1, 0.15) is 6.42 Å². The number of cyclic esters (lactones) is 1. The molecule has 5 nitrogen and oxygen atoms in total. The molecule has 3 rings (SSSR count). The van der Waals surface area contributed by atoms with Gasteiger partial charge in [-0.05, 0) is 23.6 Å². The number of rotatable bonds is 3. The molecular formula is C13H14N2O3S. The average Bonchev–Trinajstić information content (AvgIpc) is 2.79. The summed E-state index contributed by atoms with van der Waals surface area (Å²) in [6.07, 6.45) is 1.77. The molecule has 1 saturated heterocycles. The van der Waals surface area contributed by atoms with Gasteiger partial charge in [-0.15, -0.1) is 0 Å². The van der Waals surface area contributed by atoms with E-state index in [0.29, 0.717) is 13.0 Å². The third-order valence-corrected chi connectivity index (χ3v) is 3.98. The zero-order chi connectivity index (χ0) is 13.2. The molecule has 0 bridgehead atoms. The number of hydrogen-bond donors (Lipinski definition) is 2. The van der Waals surface area contributed by atoms with Crippen molar-refractivity contribution in [1.82, 2.24) is 0 Å². The molecule has 0 aliphatic carbocycles. The second kappa shape index (κ2) is 5.14. The van der Waals surface area contributed by atoms with Crippen molar-refractivity contribution in [1.29, 1.82) is 0 Å². The monoisotopic (exact) mass is 278 g/mol. The Balaban J connectivity index is 1.81. The van der Waals surface area contributed by atoms with Crippen LogP contribution in [0.2, 0.25) is 0 Å². The van der Waals surface area contributed by atoms with Gasteiger partial charge in [0.25, 0.3) is 0 Å². The number of benzene rings is 1. The van der Waals surface area contributed by atoms with E-state index in [4.69, 9.17) is 9.84 Å². The normalized spacial score (nSPS) is 21.0. The molecule has 0 unspecified atom stereocenters. The molecule has 6 heteroatoms. The van der Waals surface area contributed by atoms with Gasteiger partial charge in [-0.25, -0.2) is 4.79 Å². The molecular weight excluding hydrogens is 264 g/mol. The Labute approximate surface area is 115 Å². The summed E-state index contributed by atoms with van der Waals surface area (Å²) in [5.74, 6) is 0. The summed E-state index contributed by atoms with van der Waals surface area (Å²) in [5, 5.41) is 14.0. The van der Waals surface area contributed by atoms with Crippen LogP contribution in [0.15, 0.2) is 34.7 Å². The second-order valence-corrected chi connectivity index (χ2v) is 5.32. The number of aliphatic hydroxyl groups is 1. The molecule has 0 aromatic heterocycles. The Morgan fingerprint density at radius 2 is 2.42 bits per heavy atom. The Bertz CT molecular complexity index is 533. The summed E-state index contributed by atoms with van der Waals surface area (Å²) in [4.78, 5) is 14.5. The molecule has 0 saturated carbocycles. The van der Waals surface area contributed by atoms with Crippen molar-refractivity contribution in [3.05, 3.63) is 29.8 Å². The van der Waals surface area contributed by atoms with E-state index in [1.54, 1.807) is 16.7 Å². The minimum absolute atomic E-state index is 0.0268. The number of carbonyl (C=O) groups is 1. The first-order valence-corrected chi connectivity index (χ1v) is 6.97. The molecule has 2 heterocycles. The molecule has 1 fully saturated rings. The topological polar surface area (TPSA) is 61.8 Å².